The van der Waals surface area contributed by atoms with Crippen molar-refractivity contribution in [3.63, 3.8) is 0 Å². The molecule has 3 heteroatoms. The van der Waals surface area contributed by atoms with Crippen molar-refractivity contribution in [2.24, 2.45) is 5.92 Å². The van der Waals surface area contributed by atoms with Gasteiger partial charge in [0.1, 0.15) is 0 Å². The van der Waals surface area contributed by atoms with Crippen LogP contribution in [0.25, 0.3) is 0 Å². The number of hydrogen-bond acceptors (Lipinski definition) is 3. The van der Waals surface area contributed by atoms with E-state index in [4.69, 9.17) is 0 Å². The number of piperazine rings is 1. The van der Waals surface area contributed by atoms with Crippen molar-refractivity contribution in [1.82, 2.24) is 15.1 Å². The third-order valence-corrected chi connectivity index (χ3v) is 5.13. The molecule has 2 rings (SSSR count). The van der Waals surface area contributed by atoms with E-state index in [-0.39, 0.29) is 0 Å². The molecule has 0 aromatic heterocycles. The number of nitrogens with zero attached hydrogens (tertiary/aromatic N) is 2. The summed E-state index contributed by atoms with van der Waals surface area (Å²) in [6.07, 6.45) is 8.40. The Morgan fingerprint density at radius 1 is 1.16 bits per heavy atom. The predicted octanol–water partition coefficient (Wildman–Crippen LogP) is 2.18. The van der Waals surface area contributed by atoms with E-state index in [0.29, 0.717) is 0 Å². The molecule has 3 nitrogen and oxygen atoms in total. The molecule has 0 spiro atoms. The van der Waals surface area contributed by atoms with E-state index in [1.807, 2.05) is 0 Å². The molecule has 112 valence electrons. The molecule has 2 unspecified atom stereocenters. The number of likely N-dealkylation sites (N-methyl/N-ethyl adjacent to an activating group) is 2. The molecule has 1 aliphatic carbocycles. The number of hydrogen-bond donors (Lipinski definition) is 1. The summed E-state index contributed by atoms with van der Waals surface area (Å²) < 4.78 is 0. The maximum absolute atomic E-state index is 3.85. The number of nitrogens with one attached hydrogen (secondary N) is 1. The Bertz CT molecular complexity index is 250. The van der Waals surface area contributed by atoms with Gasteiger partial charge in [-0.3, -0.25) is 0 Å². The first-order valence-electron chi connectivity index (χ1n) is 8.33. The molecule has 2 atom stereocenters. The molecular weight excluding hydrogens is 234 g/mol. The second kappa shape index (κ2) is 7.61. The van der Waals surface area contributed by atoms with Crippen LogP contribution in [-0.2, 0) is 0 Å². The van der Waals surface area contributed by atoms with Crippen LogP contribution in [0, 0.1) is 5.92 Å². The standard InChI is InChI=1S/C16H33N3/c1-4-9-17-16(14-7-5-6-8-14)12-15-13-18(2)10-11-19(15)3/h14-17H,4-13H2,1-3H3. The van der Waals surface area contributed by atoms with Crippen molar-refractivity contribution in [1.29, 1.82) is 0 Å². The molecule has 0 aromatic rings. The fraction of sp³-hybridized carbons (Fsp3) is 1.00. The van der Waals surface area contributed by atoms with E-state index < -0.39 is 0 Å². The van der Waals surface area contributed by atoms with Gasteiger partial charge < -0.3 is 15.1 Å². The minimum atomic E-state index is 0.744. The zero-order valence-electron chi connectivity index (χ0n) is 13.2. The molecule has 1 saturated heterocycles. The van der Waals surface area contributed by atoms with Crippen LogP contribution in [0.5, 0.6) is 0 Å². The van der Waals surface area contributed by atoms with Gasteiger partial charge >= 0.3 is 0 Å². The minimum absolute atomic E-state index is 0.744. The molecule has 1 aliphatic heterocycles. The average Bonchev–Trinajstić information content (AvgIpc) is 2.92. The summed E-state index contributed by atoms with van der Waals surface area (Å²) in [6, 6.07) is 1.50. The van der Waals surface area contributed by atoms with Crippen molar-refractivity contribution in [3.8, 4) is 0 Å². The first-order valence-corrected chi connectivity index (χ1v) is 8.33. The van der Waals surface area contributed by atoms with Crippen LogP contribution in [-0.4, -0.2) is 62.2 Å². The lowest BCUT2D eigenvalue weighted by Crippen LogP contribution is -2.53. The molecule has 2 fully saturated rings. The van der Waals surface area contributed by atoms with E-state index in [0.717, 1.165) is 18.0 Å². The third kappa shape index (κ3) is 4.44. The highest BCUT2D eigenvalue weighted by Gasteiger charge is 2.30. The molecule has 1 saturated carbocycles. The van der Waals surface area contributed by atoms with Gasteiger partial charge in [0.15, 0.2) is 0 Å². The molecular formula is C16H33N3. The third-order valence-electron chi connectivity index (χ3n) is 5.13. The van der Waals surface area contributed by atoms with E-state index in [2.05, 4.69) is 36.1 Å². The van der Waals surface area contributed by atoms with Crippen LogP contribution in [0.4, 0.5) is 0 Å². The summed E-state index contributed by atoms with van der Waals surface area (Å²) in [6.45, 7) is 7.16. The fourth-order valence-corrected chi connectivity index (χ4v) is 3.78. The quantitative estimate of drug-likeness (QED) is 0.796. The van der Waals surface area contributed by atoms with Crippen LogP contribution in [0.3, 0.4) is 0 Å². The van der Waals surface area contributed by atoms with Gasteiger partial charge in [0.25, 0.3) is 0 Å². The smallest absolute Gasteiger partial charge is 0.0235 e. The van der Waals surface area contributed by atoms with Crippen LogP contribution in [0.15, 0.2) is 0 Å². The average molecular weight is 267 g/mol. The topological polar surface area (TPSA) is 18.5 Å². The first kappa shape index (κ1) is 15.3. The van der Waals surface area contributed by atoms with Crippen molar-refractivity contribution < 1.29 is 0 Å². The second-order valence-corrected chi connectivity index (χ2v) is 6.74. The van der Waals surface area contributed by atoms with Crippen molar-refractivity contribution in [2.75, 3.05) is 40.3 Å². The van der Waals surface area contributed by atoms with Gasteiger partial charge in [-0.2, -0.15) is 0 Å². The van der Waals surface area contributed by atoms with E-state index in [1.54, 1.807) is 0 Å². The molecule has 1 N–H and O–H groups in total. The highest BCUT2D eigenvalue weighted by atomic mass is 15.3. The van der Waals surface area contributed by atoms with E-state index >= 15 is 0 Å². The zero-order chi connectivity index (χ0) is 13.7. The summed E-state index contributed by atoms with van der Waals surface area (Å²) >= 11 is 0. The summed E-state index contributed by atoms with van der Waals surface area (Å²) in [5.41, 5.74) is 0. The lowest BCUT2D eigenvalue weighted by atomic mass is 9.91. The lowest BCUT2D eigenvalue weighted by Gasteiger charge is -2.40. The maximum atomic E-state index is 3.85. The summed E-state index contributed by atoms with van der Waals surface area (Å²) in [4.78, 5) is 5.08. The van der Waals surface area contributed by atoms with Crippen molar-refractivity contribution in [2.45, 2.75) is 57.5 Å². The molecule has 0 radical (unpaired) electrons. The number of rotatable bonds is 6. The van der Waals surface area contributed by atoms with Gasteiger partial charge in [-0.1, -0.05) is 19.8 Å². The van der Waals surface area contributed by atoms with E-state index in [1.165, 1.54) is 64.7 Å². The van der Waals surface area contributed by atoms with Crippen molar-refractivity contribution in [3.05, 3.63) is 0 Å². The van der Waals surface area contributed by atoms with Crippen LogP contribution in [0.1, 0.15) is 45.4 Å². The molecule has 0 bridgehead atoms. The Labute approximate surface area is 119 Å². The Balaban J connectivity index is 1.89. The van der Waals surface area contributed by atoms with Gasteiger partial charge in [0.2, 0.25) is 0 Å². The highest BCUT2D eigenvalue weighted by Crippen LogP contribution is 2.30. The van der Waals surface area contributed by atoms with Crippen molar-refractivity contribution >= 4 is 0 Å². The fourth-order valence-electron chi connectivity index (χ4n) is 3.78. The SMILES string of the molecule is CCCNC(CC1CN(C)CCN1C)C1CCCC1. The van der Waals surface area contributed by atoms with Gasteiger partial charge in [-0.25, -0.2) is 0 Å². The molecule has 0 amide bonds. The normalized spacial score (nSPS) is 28.9. The summed E-state index contributed by atoms with van der Waals surface area (Å²) in [5.74, 6) is 0.937. The maximum Gasteiger partial charge on any atom is 0.0235 e. The summed E-state index contributed by atoms with van der Waals surface area (Å²) in [5, 5.41) is 3.85. The first-order chi connectivity index (χ1) is 9.20. The molecule has 2 aliphatic rings. The van der Waals surface area contributed by atoms with E-state index in [9.17, 15) is 0 Å². The van der Waals surface area contributed by atoms with Gasteiger partial charge in [-0.15, -0.1) is 0 Å². The predicted molar refractivity (Wildman–Crippen MR) is 82.6 cm³/mol. The monoisotopic (exact) mass is 267 g/mol. The molecule has 0 aromatic carbocycles. The Kier molecular flexibility index (Phi) is 6.11. The Hall–Kier alpha value is -0.120. The van der Waals surface area contributed by atoms with Crippen LogP contribution in [0.2, 0.25) is 0 Å². The molecule has 1 heterocycles. The van der Waals surface area contributed by atoms with Gasteiger partial charge in [0, 0.05) is 31.7 Å². The lowest BCUT2D eigenvalue weighted by molar-refractivity contribution is 0.0945. The largest absolute Gasteiger partial charge is 0.314 e. The van der Waals surface area contributed by atoms with Gasteiger partial charge in [-0.05, 0) is 52.2 Å². The van der Waals surface area contributed by atoms with Crippen LogP contribution >= 0.6 is 0 Å². The zero-order valence-corrected chi connectivity index (χ0v) is 13.2. The Morgan fingerprint density at radius 2 is 1.89 bits per heavy atom. The van der Waals surface area contributed by atoms with Crippen LogP contribution < -0.4 is 5.32 Å². The Morgan fingerprint density at radius 3 is 2.58 bits per heavy atom. The molecule has 19 heavy (non-hydrogen) atoms. The van der Waals surface area contributed by atoms with Gasteiger partial charge in [0.05, 0.1) is 0 Å². The highest BCUT2D eigenvalue weighted by molar-refractivity contribution is 4.88. The second-order valence-electron chi connectivity index (χ2n) is 6.74. The summed E-state index contributed by atoms with van der Waals surface area (Å²) in [7, 11) is 4.58. The minimum Gasteiger partial charge on any atom is -0.314 e.